The maximum Gasteiger partial charge on any atom is 0.306 e. The summed E-state index contributed by atoms with van der Waals surface area (Å²) in [5, 5.41) is 0. The van der Waals surface area contributed by atoms with Crippen molar-refractivity contribution in [3.8, 4) is 0 Å². The van der Waals surface area contributed by atoms with Gasteiger partial charge in [-0.3, -0.25) is 9.59 Å². The first-order valence-corrected chi connectivity index (χ1v) is 8.52. The zero-order valence-corrected chi connectivity index (χ0v) is 13.6. The van der Waals surface area contributed by atoms with Crippen LogP contribution in [0.4, 0.5) is 0 Å². The van der Waals surface area contributed by atoms with Crippen LogP contribution in [0.5, 0.6) is 0 Å². The van der Waals surface area contributed by atoms with Gasteiger partial charge < -0.3 is 4.74 Å². The van der Waals surface area contributed by atoms with Crippen LogP contribution in [0, 0.1) is 11.8 Å². The van der Waals surface area contributed by atoms with Crippen LogP contribution in [0.2, 0.25) is 0 Å². The minimum atomic E-state index is -0.156. The number of unbranched alkanes of at least 4 members (excludes halogenated alkanes) is 3. The first-order chi connectivity index (χ1) is 10.2. The zero-order chi connectivity index (χ0) is 15.5. The maximum absolute atomic E-state index is 11.9. The third-order valence-electron chi connectivity index (χ3n) is 4.25. The van der Waals surface area contributed by atoms with E-state index in [1.165, 1.54) is 6.42 Å². The molecule has 0 aromatic rings. The molecule has 0 aliphatic heterocycles. The molecular formula is C18H30O3. The van der Waals surface area contributed by atoms with Gasteiger partial charge in [0.1, 0.15) is 12.4 Å². The predicted molar refractivity (Wildman–Crippen MR) is 85.0 cm³/mol. The molecule has 120 valence electrons. The second kappa shape index (κ2) is 10.6. The van der Waals surface area contributed by atoms with E-state index in [9.17, 15) is 9.59 Å². The summed E-state index contributed by atoms with van der Waals surface area (Å²) in [6.45, 7) is 4.64. The van der Waals surface area contributed by atoms with Gasteiger partial charge in [0.25, 0.3) is 0 Å². The summed E-state index contributed by atoms with van der Waals surface area (Å²) in [5.74, 6) is 0.504. The molecule has 2 unspecified atom stereocenters. The van der Waals surface area contributed by atoms with E-state index in [0.29, 0.717) is 25.2 Å². The SMILES string of the molecule is CCCC=CCOC(=O)CC1CCC(=O)C1CCCCC. The topological polar surface area (TPSA) is 43.4 Å². The highest BCUT2D eigenvalue weighted by molar-refractivity contribution is 5.84. The average Bonchev–Trinajstić information content (AvgIpc) is 2.80. The molecule has 21 heavy (non-hydrogen) atoms. The third kappa shape index (κ3) is 6.92. The van der Waals surface area contributed by atoms with Gasteiger partial charge in [-0.05, 0) is 25.2 Å². The lowest BCUT2D eigenvalue weighted by Crippen LogP contribution is -2.19. The van der Waals surface area contributed by atoms with Crippen molar-refractivity contribution >= 4 is 11.8 Å². The highest BCUT2D eigenvalue weighted by Gasteiger charge is 2.35. The van der Waals surface area contributed by atoms with Crippen LogP contribution in [0.3, 0.4) is 0 Å². The van der Waals surface area contributed by atoms with Crippen molar-refractivity contribution in [1.82, 2.24) is 0 Å². The van der Waals surface area contributed by atoms with Gasteiger partial charge in [0.2, 0.25) is 0 Å². The molecule has 0 N–H and O–H groups in total. The molecular weight excluding hydrogens is 264 g/mol. The lowest BCUT2D eigenvalue weighted by atomic mass is 9.88. The van der Waals surface area contributed by atoms with E-state index in [1.807, 2.05) is 12.2 Å². The summed E-state index contributed by atoms with van der Waals surface area (Å²) in [7, 11) is 0. The Morgan fingerprint density at radius 3 is 2.76 bits per heavy atom. The number of hydrogen-bond donors (Lipinski definition) is 0. The van der Waals surface area contributed by atoms with Crippen molar-refractivity contribution in [3.05, 3.63) is 12.2 Å². The first-order valence-electron chi connectivity index (χ1n) is 8.52. The van der Waals surface area contributed by atoms with E-state index in [4.69, 9.17) is 4.74 Å². The summed E-state index contributed by atoms with van der Waals surface area (Å²) in [4.78, 5) is 23.8. The number of ketones is 1. The maximum atomic E-state index is 11.9. The van der Waals surface area contributed by atoms with E-state index in [-0.39, 0.29) is 17.8 Å². The second-order valence-electron chi connectivity index (χ2n) is 6.01. The van der Waals surface area contributed by atoms with Crippen molar-refractivity contribution in [1.29, 1.82) is 0 Å². The molecule has 0 aromatic carbocycles. The lowest BCUT2D eigenvalue weighted by molar-refractivity contribution is -0.143. The van der Waals surface area contributed by atoms with Crippen LogP contribution < -0.4 is 0 Å². The largest absolute Gasteiger partial charge is 0.461 e. The summed E-state index contributed by atoms with van der Waals surface area (Å²) in [5.41, 5.74) is 0. The zero-order valence-electron chi connectivity index (χ0n) is 13.6. The Morgan fingerprint density at radius 1 is 1.24 bits per heavy atom. The summed E-state index contributed by atoms with van der Waals surface area (Å²) < 4.78 is 5.22. The Kier molecular flexibility index (Phi) is 9.04. The standard InChI is InChI=1S/C18H30O3/c1-3-5-7-9-13-21-18(20)14-15-11-12-17(19)16(15)10-8-6-4-2/h7,9,15-16H,3-6,8,10-14H2,1-2H3. The van der Waals surface area contributed by atoms with E-state index < -0.39 is 0 Å². The number of esters is 1. The van der Waals surface area contributed by atoms with Crippen LogP contribution in [-0.4, -0.2) is 18.4 Å². The average molecular weight is 294 g/mol. The Labute approximate surface area is 129 Å². The number of carbonyl (C=O) groups is 2. The van der Waals surface area contributed by atoms with Crippen LogP contribution in [-0.2, 0) is 14.3 Å². The molecule has 1 saturated carbocycles. The molecule has 1 rings (SSSR count). The van der Waals surface area contributed by atoms with Crippen molar-refractivity contribution in [3.63, 3.8) is 0 Å². The molecule has 0 radical (unpaired) electrons. The molecule has 0 heterocycles. The molecule has 2 atom stereocenters. The van der Waals surface area contributed by atoms with Crippen molar-refractivity contribution in [2.45, 2.75) is 71.6 Å². The van der Waals surface area contributed by atoms with Crippen LogP contribution in [0.15, 0.2) is 12.2 Å². The highest BCUT2D eigenvalue weighted by atomic mass is 16.5. The van der Waals surface area contributed by atoms with E-state index in [2.05, 4.69) is 13.8 Å². The van der Waals surface area contributed by atoms with Gasteiger partial charge in [-0.1, -0.05) is 51.7 Å². The molecule has 0 spiro atoms. The van der Waals surface area contributed by atoms with Gasteiger partial charge in [0.15, 0.2) is 0 Å². The molecule has 1 aliphatic rings. The summed E-state index contributed by atoms with van der Waals surface area (Å²) in [6.07, 6.45) is 12.4. The Balaban J connectivity index is 2.30. The fraction of sp³-hybridized carbons (Fsp3) is 0.778. The van der Waals surface area contributed by atoms with Gasteiger partial charge in [0, 0.05) is 18.8 Å². The Morgan fingerprint density at radius 2 is 2.05 bits per heavy atom. The molecule has 0 bridgehead atoms. The van der Waals surface area contributed by atoms with Crippen LogP contribution >= 0.6 is 0 Å². The first kappa shape index (κ1) is 17.9. The number of ether oxygens (including phenoxy) is 1. The Bertz CT molecular complexity index is 346. The van der Waals surface area contributed by atoms with Gasteiger partial charge in [-0.15, -0.1) is 0 Å². The van der Waals surface area contributed by atoms with Crippen molar-refractivity contribution < 1.29 is 14.3 Å². The number of hydrogen-bond acceptors (Lipinski definition) is 3. The van der Waals surface area contributed by atoms with E-state index in [0.717, 1.165) is 38.5 Å². The third-order valence-corrected chi connectivity index (χ3v) is 4.25. The molecule has 1 aliphatic carbocycles. The van der Waals surface area contributed by atoms with E-state index in [1.54, 1.807) is 0 Å². The normalized spacial score (nSPS) is 22.1. The highest BCUT2D eigenvalue weighted by Crippen LogP contribution is 2.35. The minimum absolute atomic E-state index is 0.0970. The molecule has 3 heteroatoms. The monoisotopic (exact) mass is 294 g/mol. The van der Waals surface area contributed by atoms with Crippen LogP contribution in [0.1, 0.15) is 71.6 Å². The number of Topliss-reactive ketones (excluding diaryl/α,β-unsaturated/α-hetero) is 1. The second-order valence-corrected chi connectivity index (χ2v) is 6.01. The number of carbonyl (C=O) groups excluding carboxylic acids is 2. The van der Waals surface area contributed by atoms with E-state index >= 15 is 0 Å². The van der Waals surface area contributed by atoms with Gasteiger partial charge in [-0.25, -0.2) is 0 Å². The van der Waals surface area contributed by atoms with Crippen LogP contribution in [0.25, 0.3) is 0 Å². The molecule has 0 aromatic heterocycles. The Hall–Kier alpha value is -1.12. The predicted octanol–water partition coefficient (Wildman–Crippen LogP) is 4.45. The molecule has 0 saturated heterocycles. The fourth-order valence-electron chi connectivity index (χ4n) is 3.00. The summed E-state index contributed by atoms with van der Waals surface area (Å²) in [6, 6.07) is 0. The lowest BCUT2D eigenvalue weighted by Gasteiger charge is -2.17. The van der Waals surface area contributed by atoms with Crippen molar-refractivity contribution in [2.75, 3.05) is 6.61 Å². The minimum Gasteiger partial charge on any atom is -0.461 e. The van der Waals surface area contributed by atoms with Crippen molar-refractivity contribution in [2.24, 2.45) is 11.8 Å². The quantitative estimate of drug-likeness (QED) is 0.339. The smallest absolute Gasteiger partial charge is 0.306 e. The number of allylic oxidation sites excluding steroid dienone is 1. The summed E-state index contributed by atoms with van der Waals surface area (Å²) >= 11 is 0. The molecule has 0 amide bonds. The molecule has 3 nitrogen and oxygen atoms in total. The fourth-order valence-corrected chi connectivity index (χ4v) is 3.00. The van der Waals surface area contributed by atoms with Gasteiger partial charge >= 0.3 is 5.97 Å². The number of rotatable bonds is 10. The van der Waals surface area contributed by atoms with Gasteiger partial charge in [0.05, 0.1) is 0 Å². The molecule has 1 fully saturated rings. The van der Waals surface area contributed by atoms with Gasteiger partial charge in [-0.2, -0.15) is 0 Å².